The van der Waals surface area contributed by atoms with Crippen molar-refractivity contribution in [3.8, 4) is 0 Å². The molecule has 3 rings (SSSR count). The molecule has 0 aliphatic heterocycles. The number of amides is 1. The lowest BCUT2D eigenvalue weighted by Crippen LogP contribution is -2.39. The SMILES string of the molecule is Cc1nc(Cl)c(C(=O)NC2(CF)CC2)c(NC(C)c2cccc(C(F)F)c2F)n1. The van der Waals surface area contributed by atoms with Crippen molar-refractivity contribution in [2.24, 2.45) is 0 Å². The van der Waals surface area contributed by atoms with Gasteiger partial charge in [0.25, 0.3) is 12.3 Å². The number of hydrogen-bond donors (Lipinski definition) is 2. The van der Waals surface area contributed by atoms with E-state index in [1.807, 2.05) is 0 Å². The summed E-state index contributed by atoms with van der Waals surface area (Å²) in [6, 6.07) is 2.87. The summed E-state index contributed by atoms with van der Waals surface area (Å²) >= 11 is 6.13. The van der Waals surface area contributed by atoms with Crippen LogP contribution in [-0.2, 0) is 0 Å². The predicted molar refractivity (Wildman–Crippen MR) is 101 cm³/mol. The Balaban J connectivity index is 1.93. The summed E-state index contributed by atoms with van der Waals surface area (Å²) < 4.78 is 53.6. The van der Waals surface area contributed by atoms with Crippen molar-refractivity contribution in [1.82, 2.24) is 15.3 Å². The molecule has 156 valence electrons. The van der Waals surface area contributed by atoms with E-state index in [2.05, 4.69) is 20.6 Å². The third kappa shape index (κ3) is 4.44. The summed E-state index contributed by atoms with van der Waals surface area (Å²) in [6.07, 6.45) is -1.95. The predicted octanol–water partition coefficient (Wildman–Crippen LogP) is 4.92. The summed E-state index contributed by atoms with van der Waals surface area (Å²) in [5, 5.41) is 5.28. The molecule has 0 bridgehead atoms. The lowest BCUT2D eigenvalue weighted by Gasteiger charge is -2.21. The van der Waals surface area contributed by atoms with Crippen LogP contribution in [0.25, 0.3) is 0 Å². The Morgan fingerprint density at radius 2 is 1.93 bits per heavy atom. The van der Waals surface area contributed by atoms with Gasteiger partial charge in [-0.2, -0.15) is 0 Å². The number of aryl methyl sites for hydroxylation is 1. The molecule has 1 aromatic heterocycles. The van der Waals surface area contributed by atoms with Crippen molar-refractivity contribution in [2.75, 3.05) is 12.0 Å². The van der Waals surface area contributed by atoms with Crippen molar-refractivity contribution in [3.05, 3.63) is 51.7 Å². The number of nitrogens with zero attached hydrogens (tertiary/aromatic N) is 2. The second kappa shape index (κ2) is 8.14. The molecular formula is C19H19ClF4N4O. The first-order valence-corrected chi connectivity index (χ1v) is 9.31. The monoisotopic (exact) mass is 430 g/mol. The van der Waals surface area contributed by atoms with Crippen LogP contribution in [0.1, 0.15) is 59.5 Å². The highest BCUT2D eigenvalue weighted by molar-refractivity contribution is 6.33. The first-order valence-electron chi connectivity index (χ1n) is 8.93. The molecule has 1 amide bonds. The van der Waals surface area contributed by atoms with Crippen LogP contribution >= 0.6 is 11.6 Å². The molecule has 5 nitrogen and oxygen atoms in total. The fourth-order valence-electron chi connectivity index (χ4n) is 2.94. The number of carbonyl (C=O) groups excluding carboxylic acids is 1. The number of benzene rings is 1. The van der Waals surface area contributed by atoms with Gasteiger partial charge in [0.2, 0.25) is 0 Å². The normalized spacial score (nSPS) is 15.9. The number of rotatable bonds is 7. The second-order valence-corrected chi connectivity index (χ2v) is 7.43. The molecular weight excluding hydrogens is 412 g/mol. The highest BCUT2D eigenvalue weighted by Gasteiger charge is 2.45. The Kier molecular flexibility index (Phi) is 5.97. The van der Waals surface area contributed by atoms with Crippen LogP contribution in [0.15, 0.2) is 18.2 Å². The molecule has 29 heavy (non-hydrogen) atoms. The third-order valence-corrected chi connectivity index (χ3v) is 5.08. The largest absolute Gasteiger partial charge is 0.363 e. The zero-order valence-electron chi connectivity index (χ0n) is 15.7. The average Bonchev–Trinajstić information content (AvgIpc) is 3.40. The van der Waals surface area contributed by atoms with E-state index in [-0.39, 0.29) is 27.9 Å². The molecule has 2 N–H and O–H groups in total. The van der Waals surface area contributed by atoms with Crippen molar-refractivity contribution < 1.29 is 22.4 Å². The van der Waals surface area contributed by atoms with Gasteiger partial charge in [-0.05, 0) is 26.7 Å². The first-order chi connectivity index (χ1) is 13.7. The van der Waals surface area contributed by atoms with Crippen LogP contribution in [0.5, 0.6) is 0 Å². The number of nitrogens with one attached hydrogen (secondary N) is 2. The summed E-state index contributed by atoms with van der Waals surface area (Å²) in [7, 11) is 0. The van der Waals surface area contributed by atoms with Crippen LogP contribution in [0, 0.1) is 12.7 Å². The molecule has 1 aromatic carbocycles. The second-order valence-electron chi connectivity index (χ2n) is 7.07. The minimum Gasteiger partial charge on any atom is -0.363 e. The van der Waals surface area contributed by atoms with Gasteiger partial charge in [0.05, 0.1) is 17.1 Å². The highest BCUT2D eigenvalue weighted by atomic mass is 35.5. The van der Waals surface area contributed by atoms with Gasteiger partial charge in [0.1, 0.15) is 34.9 Å². The quantitative estimate of drug-likeness (QED) is 0.483. The number of hydrogen-bond acceptors (Lipinski definition) is 4. The first kappa shape index (κ1) is 21.3. The summed E-state index contributed by atoms with van der Waals surface area (Å²) in [5.74, 6) is -1.46. The van der Waals surface area contributed by atoms with E-state index in [0.717, 1.165) is 6.07 Å². The van der Waals surface area contributed by atoms with E-state index in [0.29, 0.717) is 12.8 Å². The van der Waals surface area contributed by atoms with Gasteiger partial charge >= 0.3 is 0 Å². The van der Waals surface area contributed by atoms with E-state index < -0.39 is 42.0 Å². The molecule has 0 radical (unpaired) electrons. The maximum atomic E-state index is 14.5. The standard InChI is InChI=1S/C19H19ClF4N4O/c1-9(11-4-3-5-12(14(11)22)16(23)24)25-17-13(15(20)26-10(2)27-17)18(29)28-19(8-21)6-7-19/h3-5,9,16H,6-8H2,1-2H3,(H,28,29)(H,25,26,27). The maximum absolute atomic E-state index is 14.5. The Morgan fingerprint density at radius 1 is 1.28 bits per heavy atom. The van der Waals surface area contributed by atoms with Crippen LogP contribution in [-0.4, -0.2) is 28.1 Å². The Morgan fingerprint density at radius 3 is 2.52 bits per heavy atom. The number of alkyl halides is 3. The van der Waals surface area contributed by atoms with Crippen LogP contribution < -0.4 is 10.6 Å². The van der Waals surface area contributed by atoms with E-state index in [1.165, 1.54) is 19.1 Å². The fraction of sp³-hybridized carbons (Fsp3) is 0.421. The molecule has 0 spiro atoms. The summed E-state index contributed by atoms with van der Waals surface area (Å²) in [5.41, 5.74) is -1.77. The average molecular weight is 431 g/mol. The lowest BCUT2D eigenvalue weighted by atomic mass is 10.0. The van der Waals surface area contributed by atoms with Crippen LogP contribution in [0.3, 0.4) is 0 Å². The van der Waals surface area contributed by atoms with Gasteiger partial charge in [-0.3, -0.25) is 4.79 Å². The highest BCUT2D eigenvalue weighted by Crippen LogP contribution is 2.37. The van der Waals surface area contributed by atoms with E-state index in [4.69, 9.17) is 11.6 Å². The third-order valence-electron chi connectivity index (χ3n) is 4.81. The number of halogens is 5. The Bertz CT molecular complexity index is 937. The number of aromatic nitrogens is 2. The summed E-state index contributed by atoms with van der Waals surface area (Å²) in [4.78, 5) is 20.8. The summed E-state index contributed by atoms with van der Waals surface area (Å²) in [6.45, 7) is 2.36. The zero-order valence-corrected chi connectivity index (χ0v) is 16.5. The van der Waals surface area contributed by atoms with Crippen molar-refractivity contribution in [2.45, 2.75) is 44.7 Å². The Hall–Kier alpha value is -2.42. The van der Waals surface area contributed by atoms with Crippen molar-refractivity contribution in [3.63, 3.8) is 0 Å². The van der Waals surface area contributed by atoms with E-state index >= 15 is 0 Å². The zero-order chi connectivity index (χ0) is 21.3. The van der Waals surface area contributed by atoms with E-state index in [9.17, 15) is 22.4 Å². The molecule has 1 atom stereocenters. The van der Waals surface area contributed by atoms with Gasteiger partial charge < -0.3 is 10.6 Å². The molecule has 1 aliphatic rings. The maximum Gasteiger partial charge on any atom is 0.266 e. The molecule has 1 saturated carbocycles. The van der Waals surface area contributed by atoms with Gasteiger partial charge in [-0.25, -0.2) is 27.5 Å². The molecule has 10 heteroatoms. The van der Waals surface area contributed by atoms with Crippen molar-refractivity contribution in [1.29, 1.82) is 0 Å². The van der Waals surface area contributed by atoms with Gasteiger partial charge in [0.15, 0.2) is 0 Å². The Labute approximate surface area is 169 Å². The molecule has 1 aliphatic carbocycles. The molecule has 2 aromatic rings. The van der Waals surface area contributed by atoms with Crippen LogP contribution in [0.4, 0.5) is 23.4 Å². The van der Waals surface area contributed by atoms with Gasteiger partial charge in [-0.1, -0.05) is 29.8 Å². The smallest absolute Gasteiger partial charge is 0.266 e. The van der Waals surface area contributed by atoms with Gasteiger partial charge in [0, 0.05) is 5.56 Å². The number of anilines is 1. The minimum atomic E-state index is -2.96. The fourth-order valence-corrected chi connectivity index (χ4v) is 3.24. The van der Waals surface area contributed by atoms with E-state index in [1.54, 1.807) is 6.92 Å². The lowest BCUT2D eigenvalue weighted by molar-refractivity contribution is 0.0923. The van der Waals surface area contributed by atoms with Gasteiger partial charge in [-0.15, -0.1) is 0 Å². The van der Waals surface area contributed by atoms with Crippen molar-refractivity contribution >= 4 is 23.3 Å². The molecule has 1 unspecified atom stereocenters. The number of carbonyl (C=O) groups is 1. The van der Waals surface area contributed by atoms with Crippen LogP contribution in [0.2, 0.25) is 5.15 Å². The molecule has 0 saturated heterocycles. The topological polar surface area (TPSA) is 66.9 Å². The minimum absolute atomic E-state index is 0.00371. The molecule has 1 fully saturated rings. The molecule has 1 heterocycles.